The average Bonchev–Trinajstić information content (AvgIpc) is 3.27. The van der Waals surface area contributed by atoms with Crippen LogP contribution in [0.2, 0.25) is 5.02 Å². The van der Waals surface area contributed by atoms with E-state index in [2.05, 4.69) is 10.5 Å². The van der Waals surface area contributed by atoms with Crippen LogP contribution in [0.15, 0.2) is 71.4 Å². The summed E-state index contributed by atoms with van der Waals surface area (Å²) in [4.78, 5) is 23.6. The molecule has 1 unspecified atom stereocenters. The van der Waals surface area contributed by atoms with Crippen molar-refractivity contribution in [2.75, 3.05) is 5.32 Å². The molecule has 1 atom stereocenters. The summed E-state index contributed by atoms with van der Waals surface area (Å²) in [6, 6.07) is 18.8. The highest BCUT2D eigenvalue weighted by Gasteiger charge is 2.26. The number of halogens is 1. The molecular weight excluding hydrogens is 480 g/mol. The second-order valence-electron chi connectivity index (χ2n) is 8.65. The van der Waals surface area contributed by atoms with Gasteiger partial charge in [0.05, 0.1) is 12.6 Å². The number of hydrogen-bond acceptors (Lipinski definition) is 5. The zero-order chi connectivity index (χ0) is 25.2. The number of rotatable bonds is 7. The Morgan fingerprint density at radius 1 is 1.06 bits per heavy atom. The second kappa shape index (κ2) is 9.87. The summed E-state index contributed by atoms with van der Waals surface area (Å²) < 4.78 is 11.1. The summed E-state index contributed by atoms with van der Waals surface area (Å²) in [7, 11) is 0. The van der Waals surface area contributed by atoms with Crippen molar-refractivity contribution in [1.29, 1.82) is 0 Å². The van der Waals surface area contributed by atoms with Crippen LogP contribution in [0.3, 0.4) is 0 Å². The highest BCUT2D eigenvalue weighted by Crippen LogP contribution is 2.42. The average molecular weight is 503 g/mol. The highest BCUT2D eigenvalue weighted by molar-refractivity contribution is 6.31. The summed E-state index contributed by atoms with van der Waals surface area (Å²) in [6.45, 7) is 1.75. The Balaban J connectivity index is 1.35. The third kappa shape index (κ3) is 4.70. The van der Waals surface area contributed by atoms with Gasteiger partial charge in [0.15, 0.2) is 5.76 Å². The van der Waals surface area contributed by atoms with Crippen LogP contribution in [0.1, 0.15) is 35.3 Å². The van der Waals surface area contributed by atoms with Gasteiger partial charge in [-0.05, 0) is 53.6 Å². The molecule has 0 radical (unpaired) electrons. The molecule has 8 heteroatoms. The second-order valence-corrected chi connectivity index (χ2v) is 9.06. The molecule has 0 saturated heterocycles. The van der Waals surface area contributed by atoms with Gasteiger partial charge in [0, 0.05) is 16.1 Å². The normalized spacial score (nSPS) is 12.8. The molecular formula is C28H23ClN2O5. The number of nitrogens with zero attached hydrogens (tertiary/aromatic N) is 1. The van der Waals surface area contributed by atoms with E-state index >= 15 is 0 Å². The van der Waals surface area contributed by atoms with Crippen LogP contribution < -0.4 is 5.32 Å². The van der Waals surface area contributed by atoms with Crippen molar-refractivity contribution < 1.29 is 24.0 Å². The van der Waals surface area contributed by atoms with Crippen molar-refractivity contribution in [3.05, 3.63) is 94.1 Å². The fraction of sp³-hybridized carbons (Fsp3) is 0.179. The van der Waals surface area contributed by atoms with Gasteiger partial charge in [0.25, 0.3) is 0 Å². The van der Waals surface area contributed by atoms with Crippen molar-refractivity contribution in [3.63, 3.8) is 0 Å². The number of aromatic nitrogens is 1. The fourth-order valence-electron chi connectivity index (χ4n) is 4.49. The van der Waals surface area contributed by atoms with E-state index in [4.69, 9.17) is 26.0 Å². The van der Waals surface area contributed by atoms with Crippen molar-refractivity contribution in [3.8, 4) is 22.5 Å². The molecule has 0 fully saturated rings. The molecule has 3 aromatic carbocycles. The number of hydrogen-bond donors (Lipinski definition) is 2. The predicted octanol–water partition coefficient (Wildman–Crippen LogP) is 6.70. The zero-order valence-corrected chi connectivity index (χ0v) is 20.2. The SMILES string of the molecule is CC(OC(=O)Nc1cnoc1-c1ccc(-c2ccc(CC(=O)O)cc2)c2c1CC2)c1ccccc1Cl. The van der Waals surface area contributed by atoms with Crippen LogP contribution >= 0.6 is 11.6 Å². The van der Waals surface area contributed by atoms with Crippen molar-refractivity contribution in [2.45, 2.75) is 32.3 Å². The maximum Gasteiger partial charge on any atom is 0.412 e. The molecule has 7 nitrogen and oxygen atoms in total. The van der Waals surface area contributed by atoms with Crippen molar-refractivity contribution in [2.24, 2.45) is 0 Å². The summed E-state index contributed by atoms with van der Waals surface area (Å²) >= 11 is 6.21. The Labute approximate surface area is 212 Å². The van der Waals surface area contributed by atoms with Gasteiger partial charge in [-0.3, -0.25) is 10.1 Å². The number of carbonyl (C=O) groups is 2. The summed E-state index contributed by atoms with van der Waals surface area (Å²) in [5.74, 6) is -0.383. The molecule has 0 aliphatic heterocycles. The maximum absolute atomic E-state index is 12.6. The Bertz CT molecular complexity index is 1440. The minimum Gasteiger partial charge on any atom is -0.481 e. The number of nitrogens with one attached hydrogen (secondary N) is 1. The van der Waals surface area contributed by atoms with Crippen LogP contribution in [-0.4, -0.2) is 22.3 Å². The molecule has 4 aromatic rings. The smallest absolute Gasteiger partial charge is 0.412 e. The van der Waals surface area contributed by atoms with E-state index in [-0.39, 0.29) is 6.42 Å². The Morgan fingerprint density at radius 2 is 1.75 bits per heavy atom. The van der Waals surface area contributed by atoms with Crippen LogP contribution in [0.25, 0.3) is 22.5 Å². The highest BCUT2D eigenvalue weighted by atomic mass is 35.5. The topological polar surface area (TPSA) is 102 Å². The first-order chi connectivity index (χ1) is 17.4. The number of aliphatic carboxylic acids is 1. The van der Waals surface area contributed by atoms with E-state index < -0.39 is 18.2 Å². The lowest BCUT2D eigenvalue weighted by Gasteiger charge is -2.26. The van der Waals surface area contributed by atoms with Crippen LogP contribution in [0.4, 0.5) is 10.5 Å². The number of carboxylic acid groups (broad SMARTS) is 1. The number of carbonyl (C=O) groups excluding carboxylic acids is 1. The molecule has 1 heterocycles. The number of amides is 1. The van der Waals surface area contributed by atoms with Gasteiger partial charge >= 0.3 is 12.1 Å². The fourth-order valence-corrected chi connectivity index (χ4v) is 4.78. The Kier molecular flexibility index (Phi) is 6.48. The largest absolute Gasteiger partial charge is 0.481 e. The van der Waals surface area contributed by atoms with E-state index in [0.717, 1.165) is 40.7 Å². The standard InChI is InChI=1S/C28H23ClN2O5/c1-16(19-4-2-3-5-24(19)29)35-28(34)31-25-15-30-36-27(25)23-13-10-20(21-11-12-22(21)23)18-8-6-17(7-9-18)14-26(32)33/h2-10,13,15-16H,11-12,14H2,1H3,(H,31,34)(H,32,33). The lowest BCUT2D eigenvalue weighted by molar-refractivity contribution is -0.136. The van der Waals surface area contributed by atoms with Crippen LogP contribution in [0, 0.1) is 0 Å². The van der Waals surface area contributed by atoms with Gasteiger partial charge in [0.1, 0.15) is 11.8 Å². The third-order valence-electron chi connectivity index (χ3n) is 6.36. The molecule has 0 saturated carbocycles. The molecule has 2 N–H and O–H groups in total. The lowest BCUT2D eigenvalue weighted by Crippen LogP contribution is -2.17. The van der Waals surface area contributed by atoms with Crippen LogP contribution in [-0.2, 0) is 28.8 Å². The molecule has 36 heavy (non-hydrogen) atoms. The molecule has 1 aliphatic rings. The monoisotopic (exact) mass is 502 g/mol. The zero-order valence-electron chi connectivity index (χ0n) is 19.5. The summed E-state index contributed by atoms with van der Waals surface area (Å²) in [5.41, 5.74) is 7.24. The van der Waals surface area contributed by atoms with Gasteiger partial charge in [-0.25, -0.2) is 4.79 Å². The first-order valence-corrected chi connectivity index (χ1v) is 11.9. The third-order valence-corrected chi connectivity index (χ3v) is 6.70. The summed E-state index contributed by atoms with van der Waals surface area (Å²) in [5, 5.41) is 16.2. The van der Waals surface area contributed by atoms with Gasteiger partial charge in [-0.1, -0.05) is 71.4 Å². The van der Waals surface area contributed by atoms with Gasteiger partial charge in [-0.15, -0.1) is 0 Å². The van der Waals surface area contributed by atoms with E-state index in [0.29, 0.717) is 22.0 Å². The van der Waals surface area contributed by atoms with Gasteiger partial charge in [-0.2, -0.15) is 0 Å². The molecule has 1 aromatic heterocycles. The van der Waals surface area contributed by atoms with Crippen molar-refractivity contribution in [1.82, 2.24) is 5.16 Å². The summed E-state index contributed by atoms with van der Waals surface area (Å²) in [6.07, 6.45) is 2.08. The van der Waals surface area contributed by atoms with Gasteiger partial charge in [0.2, 0.25) is 0 Å². The predicted molar refractivity (Wildman–Crippen MR) is 136 cm³/mol. The van der Waals surface area contributed by atoms with Crippen LogP contribution in [0.5, 0.6) is 0 Å². The number of fused-ring (bicyclic) bond motifs is 1. The van der Waals surface area contributed by atoms with E-state index in [9.17, 15) is 9.59 Å². The maximum atomic E-state index is 12.6. The Morgan fingerprint density at radius 3 is 2.44 bits per heavy atom. The lowest BCUT2D eigenvalue weighted by atomic mass is 9.79. The first kappa shape index (κ1) is 23.6. The molecule has 1 aliphatic carbocycles. The van der Waals surface area contributed by atoms with Gasteiger partial charge < -0.3 is 14.4 Å². The van der Waals surface area contributed by atoms with E-state index in [1.807, 2.05) is 54.6 Å². The molecule has 0 spiro atoms. The minimum absolute atomic E-state index is 0.00179. The van der Waals surface area contributed by atoms with E-state index in [1.54, 1.807) is 13.0 Å². The molecule has 1 amide bonds. The number of carboxylic acids is 1. The molecule has 0 bridgehead atoms. The molecule has 182 valence electrons. The van der Waals surface area contributed by atoms with Crippen molar-refractivity contribution >= 4 is 29.4 Å². The molecule has 5 rings (SSSR count). The van der Waals surface area contributed by atoms with E-state index in [1.165, 1.54) is 11.8 Å². The quantitative estimate of drug-likeness (QED) is 0.291. The Hall–Kier alpha value is -4.10. The number of anilines is 1. The minimum atomic E-state index is -0.852. The first-order valence-electron chi connectivity index (χ1n) is 11.5. The number of benzene rings is 3. The number of ether oxygens (including phenoxy) is 1.